The van der Waals surface area contributed by atoms with E-state index in [2.05, 4.69) is 50.5 Å². The Balaban J connectivity index is 1.42. The summed E-state index contributed by atoms with van der Waals surface area (Å²) in [5.74, 6) is 0.537. The van der Waals surface area contributed by atoms with Gasteiger partial charge >= 0.3 is 0 Å². The molecule has 4 rings (SSSR count). The van der Waals surface area contributed by atoms with Crippen LogP contribution < -0.4 is 10.2 Å². The van der Waals surface area contributed by atoms with Crippen molar-refractivity contribution in [3.8, 4) is 0 Å². The van der Waals surface area contributed by atoms with Crippen LogP contribution in [0.4, 0.5) is 5.95 Å². The summed E-state index contributed by atoms with van der Waals surface area (Å²) in [4.78, 5) is 24.0. The van der Waals surface area contributed by atoms with E-state index in [9.17, 15) is 4.79 Å². The number of hydrogen-bond donors (Lipinski definition) is 1. The third-order valence-electron chi connectivity index (χ3n) is 5.61. The molecule has 1 aliphatic heterocycles. The number of nitrogens with one attached hydrogen (secondary N) is 1. The standard InChI is InChI=1S/C23H28N4O/c1-17-15-21(22(28)24-13-11-18-7-3-2-4-8-18)26-23(25-17)27-14-12-19-9-5-6-10-20(19)16-27/h5-7,9-10,15H,2-4,8,11-14,16H2,1H3,(H,24,28). The molecule has 0 saturated heterocycles. The summed E-state index contributed by atoms with van der Waals surface area (Å²) in [6.45, 7) is 4.25. The zero-order chi connectivity index (χ0) is 19.3. The normalized spacial score (nSPS) is 16.3. The minimum absolute atomic E-state index is 0.111. The molecule has 1 aromatic carbocycles. The van der Waals surface area contributed by atoms with Gasteiger partial charge in [-0.15, -0.1) is 0 Å². The van der Waals surface area contributed by atoms with Crippen LogP contribution in [0, 0.1) is 6.92 Å². The Morgan fingerprint density at radius 1 is 1.14 bits per heavy atom. The second kappa shape index (κ2) is 8.55. The van der Waals surface area contributed by atoms with E-state index in [4.69, 9.17) is 0 Å². The van der Waals surface area contributed by atoms with E-state index in [1.807, 2.05) is 6.92 Å². The molecular formula is C23H28N4O. The van der Waals surface area contributed by atoms with E-state index in [-0.39, 0.29) is 5.91 Å². The van der Waals surface area contributed by atoms with Gasteiger partial charge in [-0.1, -0.05) is 35.9 Å². The molecule has 2 aromatic rings. The number of aryl methyl sites for hydroxylation is 1. The number of allylic oxidation sites excluding steroid dienone is 1. The molecular weight excluding hydrogens is 348 g/mol. The summed E-state index contributed by atoms with van der Waals surface area (Å²) >= 11 is 0. The van der Waals surface area contributed by atoms with Gasteiger partial charge in [0, 0.05) is 25.3 Å². The van der Waals surface area contributed by atoms with Crippen molar-refractivity contribution >= 4 is 11.9 Å². The van der Waals surface area contributed by atoms with Crippen LogP contribution in [0.3, 0.4) is 0 Å². The molecule has 2 heterocycles. The van der Waals surface area contributed by atoms with Crippen LogP contribution in [0.1, 0.15) is 59.4 Å². The van der Waals surface area contributed by atoms with E-state index < -0.39 is 0 Å². The van der Waals surface area contributed by atoms with Crippen LogP contribution in [0.2, 0.25) is 0 Å². The van der Waals surface area contributed by atoms with Crippen LogP contribution in [-0.2, 0) is 13.0 Å². The summed E-state index contributed by atoms with van der Waals surface area (Å²) in [6, 6.07) is 10.3. The van der Waals surface area contributed by atoms with Gasteiger partial charge in [0.2, 0.25) is 5.95 Å². The lowest BCUT2D eigenvalue weighted by Gasteiger charge is -2.29. The number of fused-ring (bicyclic) bond motifs is 1. The van der Waals surface area contributed by atoms with Gasteiger partial charge in [-0.25, -0.2) is 9.97 Å². The number of aromatic nitrogens is 2. The monoisotopic (exact) mass is 376 g/mol. The van der Waals surface area contributed by atoms with Crippen LogP contribution >= 0.6 is 0 Å². The first-order valence-electron chi connectivity index (χ1n) is 10.3. The predicted octanol–water partition coefficient (Wildman–Crippen LogP) is 3.97. The number of carbonyl (C=O) groups is 1. The molecule has 0 radical (unpaired) electrons. The van der Waals surface area contributed by atoms with Crippen LogP contribution in [0.15, 0.2) is 42.0 Å². The highest BCUT2D eigenvalue weighted by Crippen LogP contribution is 2.22. The van der Waals surface area contributed by atoms with Crippen molar-refractivity contribution in [1.29, 1.82) is 0 Å². The van der Waals surface area contributed by atoms with Gasteiger partial charge in [0.05, 0.1) is 0 Å². The molecule has 1 aliphatic carbocycles. The van der Waals surface area contributed by atoms with Gasteiger partial charge in [-0.2, -0.15) is 0 Å². The number of anilines is 1. The van der Waals surface area contributed by atoms with Gasteiger partial charge in [-0.3, -0.25) is 4.79 Å². The van der Waals surface area contributed by atoms with Crippen LogP contribution in [0.5, 0.6) is 0 Å². The van der Waals surface area contributed by atoms with Crippen molar-refractivity contribution in [3.63, 3.8) is 0 Å². The molecule has 146 valence electrons. The van der Waals surface area contributed by atoms with Gasteiger partial charge in [0.25, 0.3) is 5.91 Å². The highest BCUT2D eigenvalue weighted by molar-refractivity contribution is 5.92. The number of carbonyl (C=O) groups excluding carboxylic acids is 1. The number of rotatable bonds is 5. The summed E-state index contributed by atoms with van der Waals surface area (Å²) < 4.78 is 0. The maximum absolute atomic E-state index is 12.6. The molecule has 1 aromatic heterocycles. The second-order valence-corrected chi connectivity index (χ2v) is 7.75. The average Bonchev–Trinajstić information content (AvgIpc) is 2.73. The number of amides is 1. The Kier molecular flexibility index (Phi) is 5.70. The first-order valence-corrected chi connectivity index (χ1v) is 10.3. The predicted molar refractivity (Wildman–Crippen MR) is 111 cm³/mol. The maximum Gasteiger partial charge on any atom is 0.270 e. The molecule has 1 N–H and O–H groups in total. The van der Waals surface area contributed by atoms with Gasteiger partial charge < -0.3 is 10.2 Å². The molecule has 0 bridgehead atoms. The van der Waals surface area contributed by atoms with Crippen molar-refractivity contribution in [2.24, 2.45) is 0 Å². The van der Waals surface area contributed by atoms with E-state index >= 15 is 0 Å². The van der Waals surface area contributed by atoms with Crippen LogP contribution in [-0.4, -0.2) is 29.0 Å². The Morgan fingerprint density at radius 2 is 2.00 bits per heavy atom. The molecule has 0 atom stereocenters. The molecule has 5 nitrogen and oxygen atoms in total. The Morgan fingerprint density at radius 3 is 2.82 bits per heavy atom. The zero-order valence-corrected chi connectivity index (χ0v) is 16.6. The Bertz CT molecular complexity index is 890. The first kappa shape index (κ1) is 18.7. The van der Waals surface area contributed by atoms with Crippen molar-refractivity contribution in [2.45, 2.75) is 52.0 Å². The summed E-state index contributed by atoms with van der Waals surface area (Å²) in [5, 5.41) is 3.03. The number of hydrogen-bond acceptors (Lipinski definition) is 4. The second-order valence-electron chi connectivity index (χ2n) is 7.75. The molecule has 1 amide bonds. The third-order valence-corrected chi connectivity index (χ3v) is 5.61. The topological polar surface area (TPSA) is 58.1 Å². The van der Waals surface area contributed by atoms with Crippen molar-refractivity contribution in [1.82, 2.24) is 15.3 Å². The molecule has 0 saturated carbocycles. The first-order chi connectivity index (χ1) is 13.7. The Labute approximate surface area is 166 Å². The highest BCUT2D eigenvalue weighted by atomic mass is 16.1. The van der Waals surface area contributed by atoms with E-state index in [0.717, 1.165) is 31.6 Å². The van der Waals surface area contributed by atoms with E-state index in [0.29, 0.717) is 18.2 Å². The molecule has 5 heteroatoms. The molecule has 0 spiro atoms. The highest BCUT2D eigenvalue weighted by Gasteiger charge is 2.20. The van der Waals surface area contributed by atoms with E-state index in [1.165, 1.54) is 42.4 Å². The SMILES string of the molecule is Cc1cc(C(=O)NCCC2=CCCCC2)nc(N2CCc3ccccc3C2)n1. The summed E-state index contributed by atoms with van der Waals surface area (Å²) in [6.07, 6.45) is 9.15. The van der Waals surface area contributed by atoms with E-state index in [1.54, 1.807) is 6.07 Å². The van der Waals surface area contributed by atoms with Crippen LogP contribution in [0.25, 0.3) is 0 Å². The fourth-order valence-electron chi connectivity index (χ4n) is 4.04. The summed E-state index contributed by atoms with van der Waals surface area (Å²) in [5.41, 5.74) is 5.45. The fraction of sp³-hybridized carbons (Fsp3) is 0.435. The third kappa shape index (κ3) is 4.41. The maximum atomic E-state index is 12.6. The molecule has 28 heavy (non-hydrogen) atoms. The van der Waals surface area contributed by atoms with Gasteiger partial charge in [0.15, 0.2) is 0 Å². The molecule has 2 aliphatic rings. The smallest absolute Gasteiger partial charge is 0.270 e. The average molecular weight is 377 g/mol. The summed E-state index contributed by atoms with van der Waals surface area (Å²) in [7, 11) is 0. The van der Waals surface area contributed by atoms with Crippen molar-refractivity contribution < 1.29 is 4.79 Å². The number of benzene rings is 1. The van der Waals surface area contributed by atoms with Gasteiger partial charge in [0.1, 0.15) is 5.69 Å². The largest absolute Gasteiger partial charge is 0.350 e. The lowest BCUT2D eigenvalue weighted by molar-refractivity contribution is 0.0949. The van der Waals surface area contributed by atoms with Gasteiger partial charge in [-0.05, 0) is 62.6 Å². The zero-order valence-electron chi connectivity index (χ0n) is 16.6. The molecule has 0 fully saturated rings. The van der Waals surface area contributed by atoms with Crippen molar-refractivity contribution in [3.05, 3.63) is 64.5 Å². The quantitative estimate of drug-likeness (QED) is 0.802. The minimum atomic E-state index is -0.111. The molecule has 0 unspecified atom stereocenters. The van der Waals surface area contributed by atoms with Crippen molar-refractivity contribution in [2.75, 3.05) is 18.0 Å². The lowest BCUT2D eigenvalue weighted by atomic mass is 9.97. The fourth-order valence-corrected chi connectivity index (χ4v) is 4.04. The minimum Gasteiger partial charge on any atom is -0.350 e. The lowest BCUT2D eigenvalue weighted by Crippen LogP contribution is -2.33. The Hall–Kier alpha value is -2.69. The number of nitrogens with zero attached hydrogens (tertiary/aromatic N) is 3.